The fourth-order valence-electron chi connectivity index (χ4n) is 1.81. The molecule has 0 heterocycles. The van der Waals surface area contributed by atoms with E-state index < -0.39 is 0 Å². The monoisotopic (exact) mass is 286 g/mol. The first-order valence-corrected chi connectivity index (χ1v) is 6.65. The first-order valence-electron chi connectivity index (χ1n) is 6.27. The van der Waals surface area contributed by atoms with Gasteiger partial charge in [0, 0.05) is 6.04 Å². The molecule has 2 aromatic carbocycles. The average Bonchev–Trinajstić information content (AvgIpc) is 2.46. The molecule has 0 saturated heterocycles. The summed E-state index contributed by atoms with van der Waals surface area (Å²) < 4.78 is 5.67. The molecule has 3 nitrogen and oxygen atoms in total. The number of nitriles is 1. The molecule has 0 aromatic heterocycles. The first kappa shape index (κ1) is 14.4. The fourth-order valence-corrected chi connectivity index (χ4v) is 2.05. The van der Waals surface area contributed by atoms with Gasteiger partial charge in [-0.2, -0.15) is 5.26 Å². The molecule has 0 radical (unpaired) electrons. The lowest BCUT2D eigenvalue weighted by Crippen LogP contribution is -2.05. The smallest absolute Gasteiger partial charge is 0.138 e. The number of benzene rings is 2. The Balaban J connectivity index is 2.09. The zero-order valence-corrected chi connectivity index (χ0v) is 11.9. The molecule has 2 aromatic rings. The maximum absolute atomic E-state index is 8.85. The second kappa shape index (κ2) is 6.42. The van der Waals surface area contributed by atoms with Crippen LogP contribution in [0.3, 0.4) is 0 Å². The Morgan fingerprint density at radius 3 is 2.75 bits per heavy atom. The largest absolute Gasteiger partial charge is 0.487 e. The third-order valence-electron chi connectivity index (χ3n) is 2.93. The van der Waals surface area contributed by atoms with E-state index in [1.807, 2.05) is 37.3 Å². The summed E-state index contributed by atoms with van der Waals surface area (Å²) in [6.45, 7) is 2.27. The molecule has 0 unspecified atom stereocenters. The Labute approximate surface area is 123 Å². The summed E-state index contributed by atoms with van der Waals surface area (Å²) in [4.78, 5) is 0. The highest BCUT2D eigenvalue weighted by molar-refractivity contribution is 6.32. The Hall–Kier alpha value is -2.02. The third kappa shape index (κ3) is 3.51. The van der Waals surface area contributed by atoms with Crippen molar-refractivity contribution < 1.29 is 4.74 Å². The van der Waals surface area contributed by atoms with Gasteiger partial charge in [-0.05, 0) is 42.3 Å². The van der Waals surface area contributed by atoms with Crippen LogP contribution in [0.15, 0.2) is 42.5 Å². The van der Waals surface area contributed by atoms with Gasteiger partial charge in [-0.1, -0.05) is 29.8 Å². The Morgan fingerprint density at radius 1 is 1.30 bits per heavy atom. The molecule has 0 aliphatic heterocycles. The highest BCUT2D eigenvalue weighted by Gasteiger charge is 2.06. The summed E-state index contributed by atoms with van der Waals surface area (Å²) in [5.41, 5.74) is 8.31. The van der Waals surface area contributed by atoms with Crippen LogP contribution < -0.4 is 10.5 Å². The van der Waals surface area contributed by atoms with Crippen molar-refractivity contribution in [1.82, 2.24) is 0 Å². The minimum Gasteiger partial charge on any atom is -0.487 e. The van der Waals surface area contributed by atoms with Gasteiger partial charge in [0.2, 0.25) is 0 Å². The number of hydrogen-bond donors (Lipinski definition) is 1. The van der Waals surface area contributed by atoms with Gasteiger partial charge in [-0.15, -0.1) is 0 Å². The molecule has 2 N–H and O–H groups in total. The highest BCUT2D eigenvalue weighted by Crippen LogP contribution is 2.28. The second-order valence-corrected chi connectivity index (χ2v) is 4.99. The van der Waals surface area contributed by atoms with E-state index in [0.717, 1.165) is 11.1 Å². The van der Waals surface area contributed by atoms with E-state index >= 15 is 0 Å². The lowest BCUT2D eigenvalue weighted by Gasteiger charge is -2.11. The van der Waals surface area contributed by atoms with Crippen LogP contribution in [0.5, 0.6) is 5.75 Å². The van der Waals surface area contributed by atoms with Crippen LogP contribution >= 0.6 is 11.6 Å². The normalized spacial score (nSPS) is 11.7. The number of ether oxygens (including phenoxy) is 1. The molecule has 0 aliphatic rings. The van der Waals surface area contributed by atoms with E-state index in [4.69, 9.17) is 27.3 Å². The predicted octanol–water partition coefficient (Wildman–Crippen LogP) is 3.81. The lowest BCUT2D eigenvalue weighted by atomic mass is 10.1. The van der Waals surface area contributed by atoms with Crippen molar-refractivity contribution in [3.05, 3.63) is 64.2 Å². The molecule has 0 bridgehead atoms. The predicted molar refractivity (Wildman–Crippen MR) is 79.5 cm³/mol. The van der Waals surface area contributed by atoms with Gasteiger partial charge >= 0.3 is 0 Å². The number of halogens is 1. The Kier molecular flexibility index (Phi) is 4.62. The molecule has 4 heteroatoms. The maximum Gasteiger partial charge on any atom is 0.138 e. The number of nitrogens with zero attached hydrogens (tertiary/aromatic N) is 1. The van der Waals surface area contributed by atoms with Crippen molar-refractivity contribution >= 4 is 11.6 Å². The van der Waals surface area contributed by atoms with Crippen molar-refractivity contribution in [2.45, 2.75) is 19.6 Å². The van der Waals surface area contributed by atoms with Crippen LogP contribution in [0.2, 0.25) is 5.02 Å². The first-order chi connectivity index (χ1) is 9.60. The molecule has 1 atom stereocenters. The minimum atomic E-state index is -0.0612. The van der Waals surface area contributed by atoms with E-state index in [1.165, 1.54) is 0 Å². The van der Waals surface area contributed by atoms with E-state index in [-0.39, 0.29) is 6.04 Å². The van der Waals surface area contributed by atoms with Gasteiger partial charge < -0.3 is 10.5 Å². The summed E-state index contributed by atoms with van der Waals surface area (Å²) >= 11 is 6.17. The quantitative estimate of drug-likeness (QED) is 0.930. The van der Waals surface area contributed by atoms with Crippen LogP contribution in [0, 0.1) is 11.3 Å². The number of hydrogen-bond acceptors (Lipinski definition) is 3. The zero-order chi connectivity index (χ0) is 14.5. The lowest BCUT2D eigenvalue weighted by molar-refractivity contribution is 0.306. The molecular weight excluding hydrogens is 272 g/mol. The van der Waals surface area contributed by atoms with Crippen molar-refractivity contribution in [3.63, 3.8) is 0 Å². The summed E-state index contributed by atoms with van der Waals surface area (Å²) in [7, 11) is 0. The van der Waals surface area contributed by atoms with E-state index in [9.17, 15) is 0 Å². The molecule has 0 saturated carbocycles. The summed E-state index contributed by atoms with van der Waals surface area (Å²) in [6, 6.07) is 14.9. The number of nitrogens with two attached hydrogens (primary N) is 1. The molecule has 0 spiro atoms. The third-order valence-corrected chi connectivity index (χ3v) is 3.23. The summed E-state index contributed by atoms with van der Waals surface area (Å²) in [5.74, 6) is 0.610. The molecule has 0 aliphatic carbocycles. The van der Waals surface area contributed by atoms with Gasteiger partial charge in [0.25, 0.3) is 0 Å². The SMILES string of the molecule is C[C@H](N)c1ccc(OCc2cccc(C#N)c2)c(Cl)c1. The van der Waals surface area contributed by atoms with Crippen molar-refractivity contribution in [2.75, 3.05) is 0 Å². The molecule has 0 fully saturated rings. The van der Waals surface area contributed by atoms with Gasteiger partial charge in [0.1, 0.15) is 12.4 Å². The number of rotatable bonds is 4. The Bertz CT molecular complexity index is 647. The van der Waals surface area contributed by atoms with Crippen LogP contribution in [0.25, 0.3) is 0 Å². The molecule has 2 rings (SSSR count). The van der Waals surface area contributed by atoms with E-state index in [2.05, 4.69) is 6.07 Å². The van der Waals surface area contributed by atoms with Crippen molar-refractivity contribution in [2.24, 2.45) is 5.73 Å². The van der Waals surface area contributed by atoms with E-state index in [1.54, 1.807) is 12.1 Å². The van der Waals surface area contributed by atoms with E-state index in [0.29, 0.717) is 22.9 Å². The van der Waals surface area contributed by atoms with Crippen LogP contribution in [0.4, 0.5) is 0 Å². The van der Waals surface area contributed by atoms with Gasteiger partial charge in [-0.25, -0.2) is 0 Å². The minimum absolute atomic E-state index is 0.0612. The van der Waals surface area contributed by atoms with Crippen LogP contribution in [-0.2, 0) is 6.61 Å². The molecular formula is C16H15ClN2O. The highest BCUT2D eigenvalue weighted by atomic mass is 35.5. The average molecular weight is 287 g/mol. The van der Waals surface area contributed by atoms with Gasteiger partial charge in [-0.3, -0.25) is 0 Å². The summed E-state index contributed by atoms with van der Waals surface area (Å²) in [6.07, 6.45) is 0. The molecule has 20 heavy (non-hydrogen) atoms. The fraction of sp³-hybridized carbons (Fsp3) is 0.188. The van der Waals surface area contributed by atoms with Crippen molar-refractivity contribution in [3.8, 4) is 11.8 Å². The second-order valence-electron chi connectivity index (χ2n) is 4.58. The van der Waals surface area contributed by atoms with Crippen LogP contribution in [0.1, 0.15) is 29.7 Å². The maximum atomic E-state index is 8.85. The molecule has 0 amide bonds. The topological polar surface area (TPSA) is 59.0 Å². The standard InChI is InChI=1S/C16H15ClN2O/c1-11(19)14-5-6-16(15(17)8-14)20-10-13-4-2-3-12(7-13)9-18/h2-8,11H,10,19H2,1H3/t11-/m0/s1. The Morgan fingerprint density at radius 2 is 2.10 bits per heavy atom. The van der Waals surface area contributed by atoms with Gasteiger partial charge in [0.15, 0.2) is 0 Å². The van der Waals surface area contributed by atoms with Crippen LogP contribution in [-0.4, -0.2) is 0 Å². The molecule has 102 valence electrons. The van der Waals surface area contributed by atoms with Gasteiger partial charge in [0.05, 0.1) is 16.7 Å². The zero-order valence-electron chi connectivity index (χ0n) is 11.1. The summed E-state index contributed by atoms with van der Waals surface area (Å²) in [5, 5.41) is 9.39. The van der Waals surface area contributed by atoms with Crippen molar-refractivity contribution in [1.29, 1.82) is 5.26 Å².